The van der Waals surface area contributed by atoms with Crippen LogP contribution in [-0.2, 0) is 13.1 Å². The molecule has 26 heavy (non-hydrogen) atoms. The van der Waals surface area contributed by atoms with Crippen molar-refractivity contribution in [1.29, 1.82) is 0 Å². The molecule has 1 aliphatic heterocycles. The van der Waals surface area contributed by atoms with Crippen molar-refractivity contribution in [3.05, 3.63) is 34.4 Å². The van der Waals surface area contributed by atoms with Crippen LogP contribution in [0.2, 0.25) is 0 Å². The number of nitrogens with one attached hydrogen (secondary N) is 1. The number of nitrogens with zero attached hydrogens (tertiary/aromatic N) is 6. The van der Waals surface area contributed by atoms with Crippen molar-refractivity contribution in [1.82, 2.24) is 34.3 Å². The lowest BCUT2D eigenvalue weighted by atomic mass is 10.1. The third kappa shape index (κ3) is 2.47. The van der Waals surface area contributed by atoms with Crippen LogP contribution < -0.4 is 5.56 Å². The van der Waals surface area contributed by atoms with Gasteiger partial charge in [0.05, 0.1) is 18.4 Å². The second-order valence-electron chi connectivity index (χ2n) is 7.50. The molecular weight excluding hydrogens is 330 g/mol. The van der Waals surface area contributed by atoms with Crippen molar-refractivity contribution in [3.63, 3.8) is 0 Å². The Morgan fingerprint density at radius 1 is 1.23 bits per heavy atom. The van der Waals surface area contributed by atoms with Crippen LogP contribution in [0.1, 0.15) is 37.2 Å². The maximum atomic E-state index is 12.4. The van der Waals surface area contributed by atoms with E-state index >= 15 is 0 Å². The van der Waals surface area contributed by atoms with Crippen LogP contribution in [0.4, 0.5) is 0 Å². The summed E-state index contributed by atoms with van der Waals surface area (Å²) in [4.78, 5) is 22.2. The fourth-order valence-electron chi connectivity index (χ4n) is 4.48. The van der Waals surface area contributed by atoms with E-state index in [1.165, 1.54) is 32.0 Å². The molecule has 0 unspecified atom stereocenters. The predicted molar refractivity (Wildman–Crippen MR) is 96.8 cm³/mol. The summed E-state index contributed by atoms with van der Waals surface area (Å²) in [5.41, 5.74) is 3.10. The van der Waals surface area contributed by atoms with Crippen LogP contribution in [0.15, 0.2) is 17.3 Å². The predicted octanol–water partition coefficient (Wildman–Crippen LogP) is 1.60. The minimum absolute atomic E-state index is 0.172. The van der Waals surface area contributed by atoms with Gasteiger partial charge in [-0.15, -0.1) is 0 Å². The molecule has 0 radical (unpaired) electrons. The normalized spacial score (nSPS) is 18.7. The molecule has 8 heteroatoms. The van der Waals surface area contributed by atoms with E-state index in [1.54, 1.807) is 4.52 Å². The topological polar surface area (TPSA) is 84.1 Å². The Morgan fingerprint density at radius 3 is 2.92 bits per heavy atom. The second-order valence-corrected chi connectivity index (χ2v) is 7.50. The molecule has 3 aromatic rings. The SMILES string of the molecule is Cc1nc(-c2cnn3c2CN(CC2CCCC2)CC3)c2c(=O)[nH]cnn12. The number of fused-ring (bicyclic) bond motifs is 2. The number of aromatic nitrogens is 6. The maximum absolute atomic E-state index is 12.4. The molecule has 0 bridgehead atoms. The lowest BCUT2D eigenvalue weighted by Crippen LogP contribution is -2.36. The minimum Gasteiger partial charge on any atom is -0.310 e. The van der Waals surface area contributed by atoms with E-state index in [-0.39, 0.29) is 5.56 Å². The molecule has 1 fully saturated rings. The van der Waals surface area contributed by atoms with Gasteiger partial charge in [0.25, 0.3) is 5.56 Å². The Kier molecular flexibility index (Phi) is 3.66. The van der Waals surface area contributed by atoms with Gasteiger partial charge in [0.1, 0.15) is 17.8 Å². The van der Waals surface area contributed by atoms with Gasteiger partial charge in [-0.3, -0.25) is 14.4 Å². The van der Waals surface area contributed by atoms with E-state index in [1.807, 2.05) is 13.1 Å². The Balaban J connectivity index is 1.53. The molecule has 1 saturated carbocycles. The molecule has 1 N–H and O–H groups in total. The highest BCUT2D eigenvalue weighted by Gasteiger charge is 2.27. The molecular formula is C18H23N7O. The first-order chi connectivity index (χ1) is 12.7. The number of aromatic amines is 1. The van der Waals surface area contributed by atoms with Gasteiger partial charge in [0.2, 0.25) is 0 Å². The largest absolute Gasteiger partial charge is 0.310 e. The molecule has 136 valence electrons. The molecule has 0 saturated heterocycles. The summed E-state index contributed by atoms with van der Waals surface area (Å²) in [6.07, 6.45) is 8.71. The lowest BCUT2D eigenvalue weighted by molar-refractivity contribution is 0.183. The quantitative estimate of drug-likeness (QED) is 0.773. The van der Waals surface area contributed by atoms with E-state index in [4.69, 9.17) is 0 Å². The first kappa shape index (κ1) is 15.7. The number of H-pyrrole nitrogens is 1. The molecule has 4 heterocycles. The van der Waals surface area contributed by atoms with Crippen LogP contribution in [0.25, 0.3) is 16.8 Å². The molecule has 0 aromatic carbocycles. The average molecular weight is 353 g/mol. The fourth-order valence-corrected chi connectivity index (χ4v) is 4.48. The van der Waals surface area contributed by atoms with Gasteiger partial charge in [-0.05, 0) is 25.7 Å². The first-order valence-corrected chi connectivity index (χ1v) is 9.41. The van der Waals surface area contributed by atoms with Crippen LogP contribution in [0, 0.1) is 12.8 Å². The van der Waals surface area contributed by atoms with Gasteiger partial charge in [-0.2, -0.15) is 10.2 Å². The number of imidazole rings is 1. The summed E-state index contributed by atoms with van der Waals surface area (Å²) in [6.45, 7) is 5.82. The number of rotatable bonds is 3. The highest BCUT2D eigenvalue weighted by molar-refractivity contribution is 5.77. The first-order valence-electron chi connectivity index (χ1n) is 9.41. The molecule has 2 aliphatic rings. The molecule has 8 nitrogen and oxygen atoms in total. The maximum Gasteiger partial charge on any atom is 0.277 e. The zero-order chi connectivity index (χ0) is 17.7. The third-order valence-electron chi connectivity index (χ3n) is 5.80. The summed E-state index contributed by atoms with van der Waals surface area (Å²) in [6, 6.07) is 0. The van der Waals surface area contributed by atoms with Gasteiger partial charge in [0, 0.05) is 25.2 Å². The molecule has 0 spiro atoms. The van der Waals surface area contributed by atoms with Gasteiger partial charge in [0.15, 0.2) is 5.52 Å². The Labute approximate surface area is 150 Å². The average Bonchev–Trinajstić information content (AvgIpc) is 3.35. The highest BCUT2D eigenvalue weighted by Crippen LogP contribution is 2.30. The summed E-state index contributed by atoms with van der Waals surface area (Å²) >= 11 is 0. The van der Waals surface area contributed by atoms with Gasteiger partial charge < -0.3 is 4.98 Å². The van der Waals surface area contributed by atoms with Gasteiger partial charge in [-0.25, -0.2) is 9.50 Å². The molecule has 3 aromatic heterocycles. The summed E-state index contributed by atoms with van der Waals surface area (Å²) < 4.78 is 3.67. The summed E-state index contributed by atoms with van der Waals surface area (Å²) in [7, 11) is 0. The van der Waals surface area contributed by atoms with Crippen molar-refractivity contribution in [2.45, 2.75) is 45.7 Å². The molecule has 1 aliphatic carbocycles. The van der Waals surface area contributed by atoms with Crippen LogP contribution in [0.3, 0.4) is 0 Å². The van der Waals surface area contributed by atoms with E-state index < -0.39 is 0 Å². The molecule has 0 amide bonds. The van der Waals surface area contributed by atoms with E-state index in [0.29, 0.717) is 17.0 Å². The summed E-state index contributed by atoms with van der Waals surface area (Å²) in [5.74, 6) is 1.54. The third-order valence-corrected chi connectivity index (χ3v) is 5.80. The monoisotopic (exact) mass is 353 g/mol. The number of aryl methyl sites for hydroxylation is 1. The Morgan fingerprint density at radius 2 is 2.08 bits per heavy atom. The Bertz CT molecular complexity index is 1010. The number of hydrogen-bond acceptors (Lipinski definition) is 5. The fraction of sp³-hybridized carbons (Fsp3) is 0.556. The zero-order valence-corrected chi connectivity index (χ0v) is 15.0. The summed E-state index contributed by atoms with van der Waals surface area (Å²) in [5, 5.41) is 8.78. The minimum atomic E-state index is -0.172. The van der Waals surface area contributed by atoms with Crippen molar-refractivity contribution in [2.75, 3.05) is 13.1 Å². The highest BCUT2D eigenvalue weighted by atomic mass is 16.1. The van der Waals surface area contributed by atoms with E-state index in [9.17, 15) is 4.79 Å². The van der Waals surface area contributed by atoms with Crippen LogP contribution in [0.5, 0.6) is 0 Å². The Hall–Kier alpha value is -2.48. The van der Waals surface area contributed by atoms with E-state index in [0.717, 1.165) is 43.4 Å². The van der Waals surface area contributed by atoms with Crippen molar-refractivity contribution < 1.29 is 0 Å². The second kappa shape index (κ2) is 6.05. The zero-order valence-electron chi connectivity index (χ0n) is 15.0. The number of hydrogen-bond donors (Lipinski definition) is 1. The van der Waals surface area contributed by atoms with Gasteiger partial charge >= 0.3 is 0 Å². The van der Waals surface area contributed by atoms with E-state index in [2.05, 4.69) is 29.7 Å². The smallest absolute Gasteiger partial charge is 0.277 e. The lowest BCUT2D eigenvalue weighted by Gasteiger charge is -2.30. The van der Waals surface area contributed by atoms with Gasteiger partial charge in [-0.1, -0.05) is 12.8 Å². The van der Waals surface area contributed by atoms with Crippen molar-refractivity contribution in [3.8, 4) is 11.3 Å². The van der Waals surface area contributed by atoms with Crippen molar-refractivity contribution >= 4 is 5.52 Å². The van der Waals surface area contributed by atoms with Crippen molar-refractivity contribution in [2.24, 2.45) is 5.92 Å². The standard InChI is InChI=1S/C18H23N7O/c1-12-22-16(17-18(26)19-11-21-25(12)17)14-8-20-24-7-6-23(10-15(14)24)9-13-4-2-3-5-13/h8,11,13H,2-7,9-10H2,1H3,(H,19,21,26). The van der Waals surface area contributed by atoms with Crippen LogP contribution in [-0.4, -0.2) is 47.4 Å². The molecule has 5 rings (SSSR count). The molecule has 0 atom stereocenters. The van der Waals surface area contributed by atoms with Crippen LogP contribution >= 0.6 is 0 Å².